The Morgan fingerprint density at radius 2 is 1.73 bits per heavy atom. The van der Waals surface area contributed by atoms with Gasteiger partial charge in [-0.3, -0.25) is 0 Å². The van der Waals surface area contributed by atoms with Gasteiger partial charge in [0.05, 0.1) is 17.0 Å². The van der Waals surface area contributed by atoms with E-state index in [2.05, 4.69) is 48.7 Å². The van der Waals surface area contributed by atoms with Gasteiger partial charge in [-0.2, -0.15) is 4.68 Å². The standard InChI is InChI=1S/C21H24N8O/c1-12(30)20-24-14(3)26-29(20)19-9-18(22-13(2)23-19)28-10-15(11-28)21-25-16-7-5-6-8-17(16)27(21)4/h5-9,12,15,30H,10-11H2,1-4H3/t12-/m0/s1. The number of para-hydroxylation sites is 2. The third-order valence-electron chi connectivity index (χ3n) is 5.53. The van der Waals surface area contributed by atoms with Crippen molar-refractivity contribution in [1.29, 1.82) is 0 Å². The predicted octanol–water partition coefficient (Wildman–Crippen LogP) is 2.22. The summed E-state index contributed by atoms with van der Waals surface area (Å²) in [6.07, 6.45) is -0.740. The first-order valence-corrected chi connectivity index (χ1v) is 10.0. The van der Waals surface area contributed by atoms with Crippen LogP contribution in [0.25, 0.3) is 16.9 Å². The Morgan fingerprint density at radius 1 is 1.00 bits per heavy atom. The number of aliphatic hydroxyl groups is 1. The fraction of sp³-hybridized carbons (Fsp3) is 0.381. The first-order valence-electron chi connectivity index (χ1n) is 10.0. The number of imidazole rings is 1. The molecule has 1 saturated heterocycles. The van der Waals surface area contributed by atoms with E-state index < -0.39 is 6.10 Å². The van der Waals surface area contributed by atoms with E-state index in [-0.39, 0.29) is 0 Å². The molecule has 4 heterocycles. The molecule has 0 saturated carbocycles. The summed E-state index contributed by atoms with van der Waals surface area (Å²) in [5.74, 6) is 4.62. The maximum atomic E-state index is 10.0. The van der Waals surface area contributed by atoms with Gasteiger partial charge in [0, 0.05) is 26.2 Å². The minimum absolute atomic E-state index is 0.350. The van der Waals surface area contributed by atoms with Gasteiger partial charge in [-0.05, 0) is 32.9 Å². The van der Waals surface area contributed by atoms with Gasteiger partial charge in [0.25, 0.3) is 0 Å². The highest BCUT2D eigenvalue weighted by atomic mass is 16.3. The summed E-state index contributed by atoms with van der Waals surface area (Å²) in [6.45, 7) is 7.01. The summed E-state index contributed by atoms with van der Waals surface area (Å²) in [5, 5.41) is 14.5. The first-order chi connectivity index (χ1) is 14.4. The van der Waals surface area contributed by atoms with Crippen LogP contribution >= 0.6 is 0 Å². The van der Waals surface area contributed by atoms with Crippen LogP contribution in [0.15, 0.2) is 30.3 Å². The Hall–Kier alpha value is -3.33. The molecule has 3 aromatic heterocycles. The zero-order chi connectivity index (χ0) is 21.0. The first kappa shape index (κ1) is 18.7. The molecule has 1 aliphatic rings. The Labute approximate surface area is 174 Å². The molecule has 0 unspecified atom stereocenters. The molecule has 9 heteroatoms. The highest BCUT2D eigenvalue weighted by Crippen LogP contribution is 2.32. The monoisotopic (exact) mass is 404 g/mol. The lowest BCUT2D eigenvalue weighted by molar-refractivity contribution is 0.186. The number of aromatic nitrogens is 7. The summed E-state index contributed by atoms with van der Waals surface area (Å²) in [6, 6.07) is 10.1. The second-order valence-electron chi connectivity index (χ2n) is 7.86. The molecule has 1 fully saturated rings. The van der Waals surface area contributed by atoms with E-state index in [1.54, 1.807) is 18.5 Å². The van der Waals surface area contributed by atoms with E-state index >= 15 is 0 Å². The number of hydrogen-bond acceptors (Lipinski definition) is 7. The Kier molecular flexibility index (Phi) is 4.28. The maximum absolute atomic E-state index is 10.0. The van der Waals surface area contributed by atoms with Gasteiger partial charge in [-0.25, -0.2) is 19.9 Å². The third-order valence-corrected chi connectivity index (χ3v) is 5.53. The van der Waals surface area contributed by atoms with E-state index in [1.165, 1.54) is 0 Å². The molecule has 0 bridgehead atoms. The van der Waals surface area contributed by atoms with Crippen LogP contribution in [0.2, 0.25) is 0 Å². The van der Waals surface area contributed by atoms with E-state index in [0.29, 0.717) is 29.2 Å². The van der Waals surface area contributed by atoms with E-state index in [9.17, 15) is 5.11 Å². The highest BCUT2D eigenvalue weighted by Gasteiger charge is 2.33. The number of aliphatic hydroxyl groups excluding tert-OH is 1. The average molecular weight is 404 g/mol. The lowest BCUT2D eigenvalue weighted by atomic mass is 9.99. The van der Waals surface area contributed by atoms with Crippen LogP contribution in [0.1, 0.15) is 42.2 Å². The molecule has 9 nitrogen and oxygen atoms in total. The van der Waals surface area contributed by atoms with Crippen molar-refractivity contribution in [3.63, 3.8) is 0 Å². The van der Waals surface area contributed by atoms with Crippen molar-refractivity contribution in [1.82, 2.24) is 34.3 Å². The number of rotatable bonds is 4. The highest BCUT2D eigenvalue weighted by molar-refractivity contribution is 5.76. The number of hydrogen-bond donors (Lipinski definition) is 1. The van der Waals surface area contributed by atoms with E-state index in [1.807, 2.05) is 25.1 Å². The minimum atomic E-state index is -0.740. The SMILES string of the molecule is Cc1nc(N2CC(c3nc4ccccc4n3C)C2)cc(-n2nc(C)nc2[C@H](C)O)n1. The lowest BCUT2D eigenvalue weighted by Crippen LogP contribution is -2.46. The molecule has 1 aliphatic heterocycles. The van der Waals surface area contributed by atoms with Crippen LogP contribution in [0, 0.1) is 13.8 Å². The molecule has 0 spiro atoms. The van der Waals surface area contributed by atoms with Crippen molar-refractivity contribution in [3.05, 3.63) is 53.6 Å². The normalized spacial score (nSPS) is 15.6. The smallest absolute Gasteiger partial charge is 0.162 e. The molecule has 0 radical (unpaired) electrons. The summed E-state index contributed by atoms with van der Waals surface area (Å²) < 4.78 is 3.78. The molecule has 154 valence electrons. The Morgan fingerprint density at radius 3 is 2.47 bits per heavy atom. The number of nitrogens with zero attached hydrogens (tertiary/aromatic N) is 8. The van der Waals surface area contributed by atoms with Crippen molar-refractivity contribution >= 4 is 16.9 Å². The van der Waals surface area contributed by atoms with Crippen molar-refractivity contribution in [2.75, 3.05) is 18.0 Å². The van der Waals surface area contributed by atoms with Crippen molar-refractivity contribution in [2.24, 2.45) is 7.05 Å². The molecular formula is C21H24N8O. The van der Waals surface area contributed by atoms with Crippen molar-refractivity contribution in [3.8, 4) is 5.82 Å². The third kappa shape index (κ3) is 3.02. The lowest BCUT2D eigenvalue weighted by Gasteiger charge is -2.39. The quantitative estimate of drug-likeness (QED) is 0.557. The molecule has 4 aromatic rings. The molecule has 1 aromatic carbocycles. The van der Waals surface area contributed by atoms with Gasteiger partial charge in [-0.15, -0.1) is 5.10 Å². The van der Waals surface area contributed by atoms with Gasteiger partial charge in [0.1, 0.15) is 29.4 Å². The average Bonchev–Trinajstić information content (AvgIpc) is 3.22. The molecular weight excluding hydrogens is 380 g/mol. The number of fused-ring (bicyclic) bond motifs is 1. The van der Waals surface area contributed by atoms with Crippen LogP contribution in [0.3, 0.4) is 0 Å². The van der Waals surface area contributed by atoms with E-state index in [0.717, 1.165) is 35.8 Å². The molecule has 0 amide bonds. The van der Waals surface area contributed by atoms with Crippen LogP contribution < -0.4 is 4.90 Å². The molecule has 1 atom stereocenters. The molecule has 30 heavy (non-hydrogen) atoms. The minimum Gasteiger partial charge on any atom is -0.385 e. The number of benzene rings is 1. The van der Waals surface area contributed by atoms with Gasteiger partial charge in [0.15, 0.2) is 11.6 Å². The summed E-state index contributed by atoms with van der Waals surface area (Å²) in [4.78, 5) is 20.5. The summed E-state index contributed by atoms with van der Waals surface area (Å²) in [5.41, 5.74) is 2.18. The molecule has 5 rings (SSSR count). The van der Waals surface area contributed by atoms with Crippen LogP contribution in [0.4, 0.5) is 5.82 Å². The summed E-state index contributed by atoms with van der Waals surface area (Å²) in [7, 11) is 2.07. The van der Waals surface area contributed by atoms with Gasteiger partial charge in [0.2, 0.25) is 0 Å². The Bertz CT molecular complexity index is 1240. The van der Waals surface area contributed by atoms with E-state index in [4.69, 9.17) is 4.98 Å². The van der Waals surface area contributed by atoms with Crippen LogP contribution in [-0.2, 0) is 7.05 Å². The molecule has 1 N–H and O–H groups in total. The number of aryl methyl sites for hydroxylation is 3. The zero-order valence-electron chi connectivity index (χ0n) is 17.5. The van der Waals surface area contributed by atoms with Crippen LogP contribution in [-0.4, -0.2) is 52.5 Å². The second-order valence-corrected chi connectivity index (χ2v) is 7.86. The zero-order valence-corrected chi connectivity index (χ0v) is 17.5. The predicted molar refractivity (Wildman–Crippen MR) is 113 cm³/mol. The fourth-order valence-corrected chi connectivity index (χ4v) is 4.04. The second kappa shape index (κ2) is 6.88. The van der Waals surface area contributed by atoms with Crippen LogP contribution in [0.5, 0.6) is 0 Å². The van der Waals surface area contributed by atoms with Gasteiger partial charge >= 0.3 is 0 Å². The summed E-state index contributed by atoms with van der Waals surface area (Å²) >= 11 is 0. The largest absolute Gasteiger partial charge is 0.385 e. The van der Waals surface area contributed by atoms with Gasteiger partial charge in [-0.1, -0.05) is 12.1 Å². The fourth-order valence-electron chi connectivity index (χ4n) is 4.04. The van der Waals surface area contributed by atoms with Crippen molar-refractivity contribution in [2.45, 2.75) is 32.8 Å². The Balaban J connectivity index is 1.42. The molecule has 0 aliphatic carbocycles. The van der Waals surface area contributed by atoms with Crippen molar-refractivity contribution < 1.29 is 5.11 Å². The van der Waals surface area contributed by atoms with Gasteiger partial charge < -0.3 is 14.6 Å². The number of anilines is 1. The maximum Gasteiger partial charge on any atom is 0.162 e. The topological polar surface area (TPSA) is 97.8 Å².